The molecule has 1 atom stereocenters. The third kappa shape index (κ3) is 3.96. The number of hydrogen-bond acceptors (Lipinski definition) is 3. The van der Waals surface area contributed by atoms with E-state index in [1.54, 1.807) is 11.8 Å². The monoisotopic (exact) mass is 330 g/mol. The van der Waals surface area contributed by atoms with E-state index < -0.39 is 6.10 Å². The molecule has 0 N–H and O–H groups in total. The van der Waals surface area contributed by atoms with Gasteiger partial charge in [0.1, 0.15) is 0 Å². The predicted octanol–water partition coefficient (Wildman–Crippen LogP) is 2.38. The minimum atomic E-state index is -0.529. The number of hydrogen-bond donors (Lipinski definition) is 0. The van der Waals surface area contributed by atoms with Gasteiger partial charge < -0.3 is 14.5 Å². The van der Waals surface area contributed by atoms with E-state index in [-0.39, 0.29) is 17.9 Å². The molecular weight excluding hydrogens is 304 g/mol. The van der Waals surface area contributed by atoms with Crippen LogP contribution >= 0.6 is 0 Å². The molecule has 0 bridgehead atoms. The molecule has 2 amide bonds. The SMILES string of the molecule is CC(=O)N1CCN(C(=O)[C@H](OC2CCCC2)c2ccccc2)CC1. The van der Waals surface area contributed by atoms with E-state index in [2.05, 4.69) is 0 Å². The van der Waals surface area contributed by atoms with Crippen LogP contribution in [0.1, 0.15) is 44.3 Å². The Kier molecular flexibility index (Phi) is 5.51. The van der Waals surface area contributed by atoms with Gasteiger partial charge >= 0.3 is 0 Å². The number of carbonyl (C=O) groups excluding carboxylic acids is 2. The highest BCUT2D eigenvalue weighted by molar-refractivity contribution is 5.83. The largest absolute Gasteiger partial charge is 0.360 e. The molecule has 0 aromatic heterocycles. The number of benzene rings is 1. The number of carbonyl (C=O) groups is 2. The van der Waals surface area contributed by atoms with Gasteiger partial charge in [-0.1, -0.05) is 43.2 Å². The number of ether oxygens (including phenoxy) is 1. The van der Waals surface area contributed by atoms with E-state index in [0.717, 1.165) is 18.4 Å². The molecule has 1 aliphatic heterocycles. The number of nitrogens with zero attached hydrogens (tertiary/aromatic N) is 2. The van der Waals surface area contributed by atoms with Crippen LogP contribution in [0.15, 0.2) is 30.3 Å². The lowest BCUT2D eigenvalue weighted by molar-refractivity contribution is -0.151. The fraction of sp³-hybridized carbons (Fsp3) is 0.579. The van der Waals surface area contributed by atoms with Crippen molar-refractivity contribution in [2.24, 2.45) is 0 Å². The number of amides is 2. The van der Waals surface area contributed by atoms with Crippen LogP contribution in [0.25, 0.3) is 0 Å². The number of piperazine rings is 1. The highest BCUT2D eigenvalue weighted by atomic mass is 16.5. The molecule has 0 unspecified atom stereocenters. The van der Waals surface area contributed by atoms with Gasteiger partial charge in [0.2, 0.25) is 5.91 Å². The molecule has 1 heterocycles. The first-order chi connectivity index (χ1) is 11.6. The Labute approximate surface area is 143 Å². The van der Waals surface area contributed by atoms with Crippen molar-refractivity contribution in [1.29, 1.82) is 0 Å². The molecule has 1 aromatic rings. The third-order valence-electron chi connectivity index (χ3n) is 4.99. The molecule has 2 fully saturated rings. The first-order valence-electron chi connectivity index (χ1n) is 8.90. The molecular formula is C19H26N2O3. The zero-order valence-corrected chi connectivity index (χ0v) is 14.3. The van der Waals surface area contributed by atoms with Gasteiger partial charge in [0, 0.05) is 33.1 Å². The van der Waals surface area contributed by atoms with E-state index in [1.165, 1.54) is 12.8 Å². The summed E-state index contributed by atoms with van der Waals surface area (Å²) in [6.45, 7) is 3.94. The van der Waals surface area contributed by atoms with Crippen molar-refractivity contribution < 1.29 is 14.3 Å². The standard InChI is InChI=1S/C19H26N2O3/c1-15(22)20-11-13-21(14-12-20)19(23)18(16-7-3-2-4-8-16)24-17-9-5-6-10-17/h2-4,7-8,17-18H,5-6,9-14H2,1H3/t18-/m1/s1. The smallest absolute Gasteiger partial charge is 0.256 e. The molecule has 2 aliphatic rings. The average Bonchev–Trinajstić information content (AvgIpc) is 3.13. The van der Waals surface area contributed by atoms with Crippen LogP contribution in [0, 0.1) is 0 Å². The summed E-state index contributed by atoms with van der Waals surface area (Å²) in [6.07, 6.45) is 4.08. The Morgan fingerprint density at radius 2 is 1.58 bits per heavy atom. The Balaban J connectivity index is 1.70. The Bertz CT molecular complexity index is 561. The average molecular weight is 330 g/mol. The van der Waals surface area contributed by atoms with Crippen molar-refractivity contribution in [3.63, 3.8) is 0 Å². The minimum Gasteiger partial charge on any atom is -0.360 e. The van der Waals surface area contributed by atoms with Crippen molar-refractivity contribution in [2.45, 2.75) is 44.8 Å². The van der Waals surface area contributed by atoms with E-state index in [1.807, 2.05) is 35.2 Å². The third-order valence-corrected chi connectivity index (χ3v) is 4.99. The van der Waals surface area contributed by atoms with Gasteiger partial charge in [-0.15, -0.1) is 0 Å². The second-order valence-corrected chi connectivity index (χ2v) is 6.66. The van der Waals surface area contributed by atoms with E-state index >= 15 is 0 Å². The lowest BCUT2D eigenvalue weighted by atomic mass is 10.1. The van der Waals surface area contributed by atoms with E-state index in [9.17, 15) is 9.59 Å². The maximum atomic E-state index is 13.1. The zero-order chi connectivity index (χ0) is 16.9. The maximum absolute atomic E-state index is 13.1. The molecule has 0 spiro atoms. The van der Waals surface area contributed by atoms with Crippen LogP contribution in [0.2, 0.25) is 0 Å². The summed E-state index contributed by atoms with van der Waals surface area (Å²) < 4.78 is 6.22. The number of rotatable bonds is 4. The highest BCUT2D eigenvalue weighted by Gasteiger charge is 2.32. The zero-order valence-electron chi connectivity index (χ0n) is 14.3. The summed E-state index contributed by atoms with van der Waals surface area (Å²) in [5, 5.41) is 0. The van der Waals surface area contributed by atoms with Crippen LogP contribution in [0.5, 0.6) is 0 Å². The molecule has 3 rings (SSSR count). The van der Waals surface area contributed by atoms with Gasteiger partial charge in [-0.05, 0) is 18.4 Å². The predicted molar refractivity (Wildman–Crippen MR) is 91.4 cm³/mol. The van der Waals surface area contributed by atoms with E-state index in [4.69, 9.17) is 4.74 Å². The minimum absolute atomic E-state index is 0.0244. The quantitative estimate of drug-likeness (QED) is 0.852. The summed E-state index contributed by atoms with van der Waals surface area (Å²) in [4.78, 5) is 28.1. The van der Waals surface area contributed by atoms with Crippen LogP contribution in [-0.4, -0.2) is 53.9 Å². The van der Waals surface area contributed by atoms with Gasteiger partial charge in [-0.3, -0.25) is 9.59 Å². The van der Waals surface area contributed by atoms with Crippen LogP contribution in [-0.2, 0) is 14.3 Å². The Morgan fingerprint density at radius 3 is 2.17 bits per heavy atom. The topological polar surface area (TPSA) is 49.9 Å². The van der Waals surface area contributed by atoms with Gasteiger partial charge in [0.05, 0.1) is 6.10 Å². The summed E-state index contributed by atoms with van der Waals surface area (Å²) in [6, 6.07) is 9.77. The van der Waals surface area contributed by atoms with Gasteiger partial charge in [0.15, 0.2) is 6.10 Å². The second-order valence-electron chi connectivity index (χ2n) is 6.66. The molecule has 1 aliphatic carbocycles. The van der Waals surface area contributed by atoms with Crippen molar-refractivity contribution in [1.82, 2.24) is 9.80 Å². The summed E-state index contributed by atoms with van der Waals surface area (Å²) in [5.41, 5.74) is 0.920. The van der Waals surface area contributed by atoms with Gasteiger partial charge in [-0.2, -0.15) is 0 Å². The normalized spacial score (nSPS) is 20.2. The van der Waals surface area contributed by atoms with Crippen molar-refractivity contribution in [3.05, 3.63) is 35.9 Å². The molecule has 0 radical (unpaired) electrons. The molecule has 1 saturated heterocycles. The first-order valence-corrected chi connectivity index (χ1v) is 8.90. The van der Waals surface area contributed by atoms with Crippen molar-refractivity contribution in [2.75, 3.05) is 26.2 Å². The molecule has 130 valence electrons. The van der Waals surface area contributed by atoms with E-state index in [0.29, 0.717) is 26.2 Å². The Hall–Kier alpha value is -1.88. The molecule has 1 aromatic carbocycles. The fourth-order valence-electron chi connectivity index (χ4n) is 3.53. The van der Waals surface area contributed by atoms with Crippen molar-refractivity contribution in [3.8, 4) is 0 Å². The van der Waals surface area contributed by atoms with Crippen molar-refractivity contribution >= 4 is 11.8 Å². The lowest BCUT2D eigenvalue weighted by Crippen LogP contribution is -2.51. The van der Waals surface area contributed by atoms with Crippen LogP contribution < -0.4 is 0 Å². The molecule has 5 nitrogen and oxygen atoms in total. The highest BCUT2D eigenvalue weighted by Crippen LogP contribution is 2.29. The fourth-order valence-corrected chi connectivity index (χ4v) is 3.53. The van der Waals surface area contributed by atoms with Crippen LogP contribution in [0.4, 0.5) is 0 Å². The molecule has 5 heteroatoms. The summed E-state index contributed by atoms with van der Waals surface area (Å²) in [5.74, 6) is 0.0974. The molecule has 24 heavy (non-hydrogen) atoms. The lowest BCUT2D eigenvalue weighted by Gasteiger charge is -2.36. The first kappa shape index (κ1) is 17.0. The Morgan fingerprint density at radius 1 is 1.00 bits per heavy atom. The maximum Gasteiger partial charge on any atom is 0.256 e. The molecule has 1 saturated carbocycles. The summed E-state index contributed by atoms with van der Waals surface area (Å²) >= 11 is 0. The van der Waals surface area contributed by atoms with Gasteiger partial charge in [-0.25, -0.2) is 0 Å². The van der Waals surface area contributed by atoms with Crippen LogP contribution in [0.3, 0.4) is 0 Å². The second kappa shape index (κ2) is 7.79. The van der Waals surface area contributed by atoms with Gasteiger partial charge in [0.25, 0.3) is 5.91 Å². The summed E-state index contributed by atoms with van der Waals surface area (Å²) in [7, 11) is 0.